The van der Waals surface area contributed by atoms with E-state index in [-0.39, 0.29) is 12.2 Å². The van der Waals surface area contributed by atoms with Gasteiger partial charge in [-0.15, -0.1) is 0 Å². The summed E-state index contributed by atoms with van der Waals surface area (Å²) in [5.41, 5.74) is -1.18. The van der Waals surface area contributed by atoms with Crippen LogP contribution in [-0.2, 0) is 10.9 Å². The molecule has 5 nitrogen and oxygen atoms in total. The number of ketones is 1. The monoisotopic (exact) mass is 414 g/mol. The van der Waals surface area contributed by atoms with Crippen LogP contribution in [0.3, 0.4) is 0 Å². The minimum absolute atomic E-state index is 0.111. The lowest BCUT2D eigenvalue weighted by molar-refractivity contribution is -0.161. The Morgan fingerprint density at radius 3 is 2.00 bits per heavy atom. The number of thioether (sulfide) groups is 1. The first-order chi connectivity index (χ1) is 13.2. The molecule has 0 spiro atoms. The topological polar surface area (TPSA) is 87.0 Å². The summed E-state index contributed by atoms with van der Waals surface area (Å²) in [6.45, 7) is -0.111. The van der Waals surface area contributed by atoms with Gasteiger partial charge in [0.2, 0.25) is 0 Å². The number of aliphatic hydroxyl groups excluding tert-OH is 3. The summed E-state index contributed by atoms with van der Waals surface area (Å²) in [7, 11) is 0. The largest absolute Gasteiger partial charge is 0.416 e. The van der Waals surface area contributed by atoms with Crippen molar-refractivity contribution < 1.29 is 38.0 Å². The molecule has 0 aromatic heterocycles. The molecule has 0 saturated carbocycles. The van der Waals surface area contributed by atoms with Crippen LogP contribution in [0.25, 0.3) is 0 Å². The molecule has 0 radical (unpaired) electrons. The summed E-state index contributed by atoms with van der Waals surface area (Å²) in [5.74, 6) is -0.419. The molecule has 0 amide bonds. The molecule has 9 heteroatoms. The van der Waals surface area contributed by atoms with Crippen molar-refractivity contribution in [3.05, 3.63) is 65.2 Å². The average molecular weight is 414 g/mol. The highest BCUT2D eigenvalue weighted by Crippen LogP contribution is 2.32. The van der Waals surface area contributed by atoms with Crippen molar-refractivity contribution in [2.75, 3.05) is 6.61 Å². The van der Waals surface area contributed by atoms with Crippen LogP contribution in [0.4, 0.5) is 13.2 Å². The Morgan fingerprint density at radius 1 is 0.929 bits per heavy atom. The molecule has 4 atom stereocenters. The Bertz CT molecular complexity index is 823. The van der Waals surface area contributed by atoms with Gasteiger partial charge in [0.05, 0.1) is 12.2 Å². The second kappa shape index (κ2) is 8.22. The van der Waals surface area contributed by atoms with E-state index in [1.165, 1.54) is 12.1 Å². The summed E-state index contributed by atoms with van der Waals surface area (Å²) in [5, 5.41) is 29.1. The summed E-state index contributed by atoms with van der Waals surface area (Å²) >= 11 is 1.12. The van der Waals surface area contributed by atoms with Gasteiger partial charge in [0.25, 0.3) is 0 Å². The number of rotatable bonds is 4. The third kappa shape index (κ3) is 4.56. The highest BCUT2D eigenvalue weighted by Gasteiger charge is 2.38. The van der Waals surface area contributed by atoms with Gasteiger partial charge >= 0.3 is 6.18 Å². The van der Waals surface area contributed by atoms with Gasteiger partial charge < -0.3 is 20.1 Å². The van der Waals surface area contributed by atoms with Crippen molar-refractivity contribution >= 4 is 17.5 Å². The van der Waals surface area contributed by atoms with E-state index in [0.717, 1.165) is 36.0 Å². The van der Waals surface area contributed by atoms with Crippen LogP contribution in [0.15, 0.2) is 53.4 Å². The first-order valence-electron chi connectivity index (χ1n) is 8.31. The smallest absolute Gasteiger partial charge is 0.388 e. The molecule has 2 aromatic rings. The molecule has 1 fully saturated rings. The van der Waals surface area contributed by atoms with Crippen molar-refractivity contribution in [3.63, 3.8) is 0 Å². The number of halogens is 3. The standard InChI is InChI=1S/C19H17F3O5S/c20-19(21,22)12-5-1-10(2-6-12)15(24)11-3-7-13(8-4-11)28-18-17(26)16(25)14(23)9-27-18/h1-8,14,16-18,23,25-26H,9H2/t14-,16+,17-,18+/m1/s1. The maximum atomic E-state index is 12.6. The zero-order chi connectivity index (χ0) is 20.5. The summed E-state index contributed by atoms with van der Waals surface area (Å²) in [4.78, 5) is 13.1. The van der Waals surface area contributed by atoms with Crippen LogP contribution >= 0.6 is 11.8 Å². The molecule has 0 aliphatic carbocycles. The number of carbonyl (C=O) groups is 1. The average Bonchev–Trinajstić information content (AvgIpc) is 2.68. The summed E-state index contributed by atoms with van der Waals surface area (Å²) < 4.78 is 43.1. The van der Waals surface area contributed by atoms with Crippen LogP contribution in [0.1, 0.15) is 21.5 Å². The summed E-state index contributed by atoms with van der Waals surface area (Å²) in [6, 6.07) is 10.2. The Morgan fingerprint density at radius 2 is 1.46 bits per heavy atom. The fraction of sp³-hybridized carbons (Fsp3) is 0.316. The van der Waals surface area contributed by atoms with Crippen molar-refractivity contribution in [2.24, 2.45) is 0 Å². The van der Waals surface area contributed by atoms with Crippen LogP contribution < -0.4 is 0 Å². The van der Waals surface area contributed by atoms with Gasteiger partial charge in [-0.05, 0) is 36.4 Å². The molecule has 1 saturated heterocycles. The van der Waals surface area contributed by atoms with E-state index < -0.39 is 41.3 Å². The zero-order valence-electron chi connectivity index (χ0n) is 14.3. The van der Waals surface area contributed by atoms with E-state index >= 15 is 0 Å². The van der Waals surface area contributed by atoms with Gasteiger partial charge in [0.15, 0.2) is 5.78 Å². The summed E-state index contributed by atoms with van der Waals surface area (Å²) in [6.07, 6.45) is -8.21. The number of alkyl halides is 3. The van der Waals surface area contributed by atoms with Crippen molar-refractivity contribution in [2.45, 2.75) is 34.8 Å². The van der Waals surface area contributed by atoms with Crippen molar-refractivity contribution in [1.82, 2.24) is 0 Å². The van der Waals surface area contributed by atoms with E-state index in [4.69, 9.17) is 4.74 Å². The molecule has 1 aliphatic rings. The maximum Gasteiger partial charge on any atom is 0.416 e. The molecule has 3 rings (SSSR count). The highest BCUT2D eigenvalue weighted by molar-refractivity contribution is 7.99. The van der Waals surface area contributed by atoms with Gasteiger partial charge in [-0.3, -0.25) is 4.79 Å². The first kappa shape index (κ1) is 20.8. The number of ether oxygens (including phenoxy) is 1. The fourth-order valence-electron chi connectivity index (χ4n) is 2.68. The maximum absolute atomic E-state index is 12.6. The molecule has 28 heavy (non-hydrogen) atoms. The lowest BCUT2D eigenvalue weighted by Gasteiger charge is -2.34. The van der Waals surface area contributed by atoms with Gasteiger partial charge in [-0.1, -0.05) is 23.9 Å². The molecule has 150 valence electrons. The molecule has 3 N–H and O–H groups in total. The van der Waals surface area contributed by atoms with E-state index in [0.29, 0.717) is 10.5 Å². The minimum atomic E-state index is -4.46. The SMILES string of the molecule is O=C(c1ccc(S[C@@H]2OC[C@@H](O)[C@H](O)[C@H]2O)cc1)c1ccc(C(F)(F)F)cc1. The molecule has 1 aliphatic heterocycles. The van der Waals surface area contributed by atoms with Crippen molar-refractivity contribution in [1.29, 1.82) is 0 Å². The van der Waals surface area contributed by atoms with Crippen LogP contribution in [0.2, 0.25) is 0 Å². The number of hydrogen-bond donors (Lipinski definition) is 3. The van der Waals surface area contributed by atoms with E-state index in [1.54, 1.807) is 12.1 Å². The molecule has 1 heterocycles. The van der Waals surface area contributed by atoms with Gasteiger partial charge in [-0.25, -0.2) is 0 Å². The third-order valence-corrected chi connectivity index (χ3v) is 5.49. The second-order valence-electron chi connectivity index (χ2n) is 6.30. The quantitative estimate of drug-likeness (QED) is 0.667. The molecular weight excluding hydrogens is 397 g/mol. The Labute approximate surface area is 162 Å². The van der Waals surface area contributed by atoms with E-state index in [9.17, 15) is 33.3 Å². The Balaban J connectivity index is 1.68. The van der Waals surface area contributed by atoms with Crippen LogP contribution in [-0.4, -0.2) is 51.5 Å². The molecule has 0 bridgehead atoms. The Kier molecular flexibility index (Phi) is 6.11. The molecule has 2 aromatic carbocycles. The van der Waals surface area contributed by atoms with Gasteiger partial charge in [0, 0.05) is 16.0 Å². The highest BCUT2D eigenvalue weighted by atomic mass is 32.2. The van der Waals surface area contributed by atoms with E-state index in [1.807, 2.05) is 0 Å². The number of benzene rings is 2. The lowest BCUT2D eigenvalue weighted by Crippen LogP contribution is -2.51. The Hall–Kier alpha value is -1.91. The lowest BCUT2D eigenvalue weighted by atomic mass is 10.0. The number of aliphatic hydroxyl groups is 3. The molecular formula is C19H17F3O5S. The third-order valence-electron chi connectivity index (χ3n) is 4.30. The number of carbonyl (C=O) groups excluding carboxylic acids is 1. The van der Waals surface area contributed by atoms with Crippen molar-refractivity contribution in [3.8, 4) is 0 Å². The predicted octanol–water partition coefficient (Wildman–Crippen LogP) is 2.47. The van der Waals surface area contributed by atoms with Crippen LogP contribution in [0, 0.1) is 0 Å². The number of hydrogen-bond acceptors (Lipinski definition) is 6. The van der Waals surface area contributed by atoms with Crippen LogP contribution in [0.5, 0.6) is 0 Å². The second-order valence-corrected chi connectivity index (χ2v) is 7.47. The van der Waals surface area contributed by atoms with Gasteiger partial charge in [-0.2, -0.15) is 13.2 Å². The normalized spacial score (nSPS) is 25.5. The van der Waals surface area contributed by atoms with E-state index in [2.05, 4.69) is 0 Å². The van der Waals surface area contributed by atoms with Gasteiger partial charge in [0.1, 0.15) is 23.7 Å². The predicted molar refractivity (Wildman–Crippen MR) is 94.9 cm³/mol. The minimum Gasteiger partial charge on any atom is -0.388 e. The first-order valence-corrected chi connectivity index (χ1v) is 9.19. The fourth-order valence-corrected chi connectivity index (χ4v) is 3.69. The zero-order valence-corrected chi connectivity index (χ0v) is 15.2. The molecule has 0 unspecified atom stereocenters.